The molecule has 0 radical (unpaired) electrons. The molecule has 1 aromatic heterocycles. The van der Waals surface area contributed by atoms with E-state index in [-0.39, 0.29) is 32.8 Å². The van der Waals surface area contributed by atoms with Gasteiger partial charge in [0.15, 0.2) is 0 Å². The molecule has 0 saturated heterocycles. The summed E-state index contributed by atoms with van der Waals surface area (Å²) in [5, 5.41) is -0.0754. The van der Waals surface area contributed by atoms with Crippen LogP contribution in [0.15, 0.2) is 65.7 Å². The number of pyridine rings is 1. The first-order chi connectivity index (χ1) is 13.6. The zero-order valence-corrected chi connectivity index (χ0v) is 16.8. The molecule has 0 N–H and O–H groups in total. The van der Waals surface area contributed by atoms with Crippen LogP contribution in [0.3, 0.4) is 0 Å². The van der Waals surface area contributed by atoms with Crippen LogP contribution >= 0.6 is 23.2 Å². The molecular weight excluding hydrogens is 450 g/mol. The highest BCUT2D eigenvalue weighted by Crippen LogP contribution is 2.32. The van der Waals surface area contributed by atoms with Gasteiger partial charge in [0.05, 0.1) is 21.3 Å². The van der Waals surface area contributed by atoms with Crippen molar-refractivity contribution in [1.29, 1.82) is 0 Å². The molecular formula is C19H12Cl2F3NO3S. The summed E-state index contributed by atoms with van der Waals surface area (Å²) in [6.07, 6.45) is -3.65. The lowest BCUT2D eigenvalue weighted by Crippen LogP contribution is -2.10. The van der Waals surface area contributed by atoms with Gasteiger partial charge in [-0.05, 0) is 35.9 Å². The van der Waals surface area contributed by atoms with Gasteiger partial charge in [-0.3, -0.25) is 4.98 Å². The van der Waals surface area contributed by atoms with Crippen LogP contribution in [-0.4, -0.2) is 13.4 Å². The number of halogens is 5. The largest absolute Gasteiger partial charge is 0.417 e. The molecule has 4 nitrogen and oxygen atoms in total. The van der Waals surface area contributed by atoms with Crippen LogP contribution in [0.4, 0.5) is 13.2 Å². The molecule has 152 valence electrons. The fraction of sp³-hybridized carbons (Fsp3) is 0.105. The lowest BCUT2D eigenvalue weighted by molar-refractivity contribution is -0.137. The van der Waals surface area contributed by atoms with Gasteiger partial charge in [-0.1, -0.05) is 47.5 Å². The summed E-state index contributed by atoms with van der Waals surface area (Å²) in [6, 6.07) is 12.6. The minimum atomic E-state index is -4.53. The number of nitrogens with zero attached hydrogens (tertiary/aromatic N) is 1. The van der Waals surface area contributed by atoms with E-state index < -0.39 is 21.9 Å². The van der Waals surface area contributed by atoms with Crippen LogP contribution < -0.4 is 4.18 Å². The zero-order chi connectivity index (χ0) is 21.2. The summed E-state index contributed by atoms with van der Waals surface area (Å²) in [7, 11) is -4.11. The van der Waals surface area contributed by atoms with Gasteiger partial charge >= 0.3 is 16.3 Å². The van der Waals surface area contributed by atoms with Gasteiger partial charge in [0.25, 0.3) is 0 Å². The second-order valence-corrected chi connectivity index (χ2v) is 8.27. The number of hydrogen-bond acceptors (Lipinski definition) is 4. The molecule has 1 heterocycles. The predicted octanol–water partition coefficient (Wildman–Crippen LogP) is 5.77. The fourth-order valence-electron chi connectivity index (χ4n) is 2.43. The molecule has 10 heteroatoms. The topological polar surface area (TPSA) is 56.3 Å². The Balaban J connectivity index is 1.75. The number of hydrogen-bond donors (Lipinski definition) is 0. The zero-order valence-electron chi connectivity index (χ0n) is 14.5. The number of rotatable bonds is 5. The Morgan fingerprint density at radius 1 is 0.966 bits per heavy atom. The third-order valence-electron chi connectivity index (χ3n) is 3.85. The quantitative estimate of drug-likeness (QED) is 0.452. The van der Waals surface area contributed by atoms with Crippen LogP contribution in [0.5, 0.6) is 5.75 Å². The van der Waals surface area contributed by atoms with E-state index in [0.29, 0.717) is 5.56 Å². The first-order valence-electron chi connectivity index (χ1n) is 8.06. The fourth-order valence-corrected chi connectivity index (χ4v) is 4.09. The maximum atomic E-state index is 12.7. The van der Waals surface area contributed by atoms with Crippen molar-refractivity contribution in [3.8, 4) is 5.75 Å². The maximum absolute atomic E-state index is 12.7. The van der Waals surface area contributed by atoms with Crippen molar-refractivity contribution in [3.05, 3.63) is 87.7 Å². The van der Waals surface area contributed by atoms with E-state index in [0.717, 1.165) is 12.3 Å². The Kier molecular flexibility index (Phi) is 6.07. The molecule has 2 aromatic carbocycles. The lowest BCUT2D eigenvalue weighted by atomic mass is 10.1. The molecule has 0 saturated carbocycles. The molecule has 0 bridgehead atoms. The third kappa shape index (κ3) is 5.20. The Morgan fingerprint density at radius 2 is 1.62 bits per heavy atom. The predicted molar refractivity (Wildman–Crippen MR) is 103 cm³/mol. The normalized spacial score (nSPS) is 12.0. The van der Waals surface area contributed by atoms with E-state index in [1.807, 2.05) is 0 Å². The first-order valence-corrected chi connectivity index (χ1v) is 10.2. The van der Waals surface area contributed by atoms with E-state index >= 15 is 0 Å². The van der Waals surface area contributed by atoms with Crippen LogP contribution in [-0.2, 0) is 22.7 Å². The molecule has 0 aliphatic carbocycles. The van der Waals surface area contributed by atoms with Gasteiger partial charge in [-0.15, -0.1) is 0 Å². The Bertz CT molecular complexity index is 1130. The minimum absolute atomic E-state index is 0.0344. The van der Waals surface area contributed by atoms with Gasteiger partial charge < -0.3 is 4.18 Å². The Labute approximate surface area is 175 Å². The summed E-state index contributed by atoms with van der Waals surface area (Å²) < 4.78 is 67.8. The number of alkyl halides is 3. The summed E-state index contributed by atoms with van der Waals surface area (Å²) >= 11 is 11.8. The number of aromatic nitrogens is 1. The van der Waals surface area contributed by atoms with E-state index in [1.54, 1.807) is 18.2 Å². The molecule has 0 fully saturated rings. The van der Waals surface area contributed by atoms with Crippen LogP contribution in [0.25, 0.3) is 0 Å². The molecule has 3 aromatic rings. The highest BCUT2D eigenvalue weighted by molar-refractivity contribution is 7.87. The average Bonchev–Trinajstić information content (AvgIpc) is 2.64. The summed E-state index contributed by atoms with van der Waals surface area (Å²) in [6.45, 7) is 0. The highest BCUT2D eigenvalue weighted by atomic mass is 35.5. The van der Waals surface area contributed by atoms with Gasteiger partial charge in [0.1, 0.15) is 10.6 Å². The Hall–Kier alpha value is -2.29. The second kappa shape index (κ2) is 8.22. The molecule has 0 spiro atoms. The lowest BCUT2D eigenvalue weighted by Gasteiger charge is -2.10. The first kappa shape index (κ1) is 21.4. The van der Waals surface area contributed by atoms with Gasteiger partial charge in [0.2, 0.25) is 0 Å². The second-order valence-electron chi connectivity index (χ2n) is 5.94. The SMILES string of the molecule is O=S(=O)(Oc1ccc(Cc2ncc(C(F)(F)F)cc2Cl)cc1)c1ccccc1Cl. The molecule has 0 aliphatic rings. The molecule has 0 amide bonds. The van der Waals surface area contributed by atoms with Crippen molar-refractivity contribution in [3.63, 3.8) is 0 Å². The molecule has 0 unspecified atom stereocenters. The van der Waals surface area contributed by atoms with E-state index in [4.69, 9.17) is 27.4 Å². The molecule has 3 rings (SSSR count). The van der Waals surface area contributed by atoms with Gasteiger partial charge in [-0.2, -0.15) is 21.6 Å². The Morgan fingerprint density at radius 3 is 2.21 bits per heavy atom. The molecule has 29 heavy (non-hydrogen) atoms. The third-order valence-corrected chi connectivity index (χ3v) is 5.93. The molecule has 0 atom stereocenters. The van der Waals surface area contributed by atoms with Gasteiger partial charge in [0, 0.05) is 12.6 Å². The summed E-state index contributed by atoms with van der Waals surface area (Å²) in [5.74, 6) is 0.0557. The van der Waals surface area contributed by atoms with Crippen molar-refractivity contribution >= 4 is 33.3 Å². The number of benzene rings is 2. The smallest absolute Gasteiger partial charge is 0.379 e. The van der Waals surface area contributed by atoms with E-state index in [2.05, 4.69) is 4.98 Å². The monoisotopic (exact) mass is 461 g/mol. The van der Waals surface area contributed by atoms with Crippen LogP contribution in [0.1, 0.15) is 16.8 Å². The summed E-state index contributed by atoms with van der Waals surface area (Å²) in [5.41, 5.74) is -0.0153. The van der Waals surface area contributed by atoms with Crippen LogP contribution in [0.2, 0.25) is 10.0 Å². The maximum Gasteiger partial charge on any atom is 0.417 e. The van der Waals surface area contributed by atoms with Crippen molar-refractivity contribution in [1.82, 2.24) is 4.98 Å². The standard InChI is InChI=1S/C19H12Cl2F3NO3S/c20-15-3-1-2-4-18(15)29(26,27)28-14-7-5-12(6-8-14)9-17-16(21)10-13(11-25-17)19(22,23)24/h1-8,10-11H,9H2. The summed E-state index contributed by atoms with van der Waals surface area (Å²) in [4.78, 5) is 3.62. The average molecular weight is 462 g/mol. The molecule has 0 aliphatic heterocycles. The van der Waals surface area contributed by atoms with Crippen molar-refractivity contribution in [2.45, 2.75) is 17.5 Å². The van der Waals surface area contributed by atoms with Crippen molar-refractivity contribution in [2.24, 2.45) is 0 Å². The van der Waals surface area contributed by atoms with Gasteiger partial charge in [-0.25, -0.2) is 0 Å². The van der Waals surface area contributed by atoms with E-state index in [1.165, 1.54) is 30.3 Å². The minimum Gasteiger partial charge on any atom is -0.379 e. The van der Waals surface area contributed by atoms with Crippen LogP contribution in [0, 0.1) is 0 Å². The highest BCUT2D eigenvalue weighted by Gasteiger charge is 2.31. The van der Waals surface area contributed by atoms with Crippen molar-refractivity contribution < 1.29 is 25.8 Å². The van der Waals surface area contributed by atoms with Crippen molar-refractivity contribution in [2.75, 3.05) is 0 Å². The van der Waals surface area contributed by atoms with E-state index in [9.17, 15) is 21.6 Å².